The van der Waals surface area contributed by atoms with Crippen LogP contribution in [0.15, 0.2) is 121 Å². The lowest BCUT2D eigenvalue weighted by atomic mass is 9.81. The summed E-state index contributed by atoms with van der Waals surface area (Å²) in [6, 6.07) is 42.8. The molecule has 0 bridgehead atoms. The van der Waals surface area contributed by atoms with Gasteiger partial charge in [0.1, 0.15) is 0 Å². The van der Waals surface area contributed by atoms with Crippen molar-refractivity contribution >= 4 is 10.8 Å². The summed E-state index contributed by atoms with van der Waals surface area (Å²) in [7, 11) is 0. The van der Waals surface area contributed by atoms with E-state index in [9.17, 15) is 0 Å². The van der Waals surface area contributed by atoms with Crippen molar-refractivity contribution in [2.45, 2.75) is 12.8 Å². The zero-order valence-electron chi connectivity index (χ0n) is 19.9. The van der Waals surface area contributed by atoms with Crippen LogP contribution in [-0.4, -0.2) is 9.97 Å². The summed E-state index contributed by atoms with van der Waals surface area (Å²) in [5, 5.41) is 2.46. The molecule has 6 aromatic rings. The monoisotopic (exact) mass is 460 g/mol. The summed E-state index contributed by atoms with van der Waals surface area (Å²) >= 11 is 0. The lowest BCUT2D eigenvalue weighted by Crippen LogP contribution is -2.06. The summed E-state index contributed by atoms with van der Waals surface area (Å²) in [6.07, 6.45) is 2.08. The van der Waals surface area contributed by atoms with Gasteiger partial charge in [-0.2, -0.15) is 0 Å². The van der Waals surface area contributed by atoms with Crippen molar-refractivity contribution in [3.63, 3.8) is 0 Å². The Morgan fingerprint density at radius 1 is 0.444 bits per heavy atom. The van der Waals surface area contributed by atoms with E-state index in [1.807, 2.05) is 12.1 Å². The zero-order chi connectivity index (χ0) is 23.9. The van der Waals surface area contributed by atoms with Crippen molar-refractivity contribution in [3.05, 3.63) is 132 Å². The second-order valence-corrected chi connectivity index (χ2v) is 9.36. The van der Waals surface area contributed by atoms with Gasteiger partial charge in [-0.25, -0.2) is 9.97 Å². The summed E-state index contributed by atoms with van der Waals surface area (Å²) < 4.78 is 0. The number of nitrogens with zero attached hydrogens (tertiary/aromatic N) is 2. The average molecular weight is 461 g/mol. The Kier molecular flexibility index (Phi) is 4.96. The van der Waals surface area contributed by atoms with Gasteiger partial charge in [0.25, 0.3) is 0 Å². The van der Waals surface area contributed by atoms with Gasteiger partial charge in [-0.15, -0.1) is 0 Å². The van der Waals surface area contributed by atoms with Gasteiger partial charge in [-0.05, 0) is 58.0 Å². The Morgan fingerprint density at radius 2 is 1.00 bits per heavy atom. The van der Waals surface area contributed by atoms with Crippen molar-refractivity contribution < 1.29 is 0 Å². The van der Waals surface area contributed by atoms with Gasteiger partial charge in [0.05, 0.1) is 11.4 Å². The maximum atomic E-state index is 5.13. The summed E-state index contributed by atoms with van der Waals surface area (Å²) in [4.78, 5) is 10.3. The second-order valence-electron chi connectivity index (χ2n) is 9.36. The molecule has 0 fully saturated rings. The van der Waals surface area contributed by atoms with E-state index >= 15 is 0 Å². The first kappa shape index (κ1) is 20.8. The number of hydrogen-bond donors (Lipinski definition) is 0. The van der Waals surface area contributed by atoms with Crippen LogP contribution in [0.5, 0.6) is 0 Å². The topological polar surface area (TPSA) is 25.8 Å². The van der Waals surface area contributed by atoms with E-state index in [0.717, 1.165) is 46.7 Å². The molecule has 0 saturated carbocycles. The van der Waals surface area contributed by atoms with Crippen LogP contribution in [0.4, 0.5) is 0 Å². The molecule has 0 N–H and O–H groups in total. The van der Waals surface area contributed by atoms with Crippen LogP contribution in [0, 0.1) is 0 Å². The van der Waals surface area contributed by atoms with Gasteiger partial charge in [-0.1, -0.05) is 109 Å². The minimum Gasteiger partial charge on any atom is -0.228 e. The minimum absolute atomic E-state index is 0.771. The van der Waals surface area contributed by atoms with E-state index in [1.54, 1.807) is 0 Å². The van der Waals surface area contributed by atoms with Crippen LogP contribution in [-0.2, 0) is 12.8 Å². The maximum Gasteiger partial charge on any atom is 0.161 e. The molecule has 5 aromatic carbocycles. The molecule has 0 spiro atoms. The van der Waals surface area contributed by atoms with Crippen LogP contribution in [0.25, 0.3) is 55.8 Å². The van der Waals surface area contributed by atoms with Crippen molar-refractivity contribution in [2.24, 2.45) is 0 Å². The largest absolute Gasteiger partial charge is 0.228 e. The van der Waals surface area contributed by atoms with E-state index in [1.165, 1.54) is 33.0 Å². The highest BCUT2D eigenvalue weighted by atomic mass is 14.9. The third-order valence-electron chi connectivity index (χ3n) is 7.18. The Labute approximate surface area is 211 Å². The van der Waals surface area contributed by atoms with E-state index < -0.39 is 0 Å². The van der Waals surface area contributed by atoms with Crippen molar-refractivity contribution in [1.82, 2.24) is 9.97 Å². The van der Waals surface area contributed by atoms with Gasteiger partial charge in [-0.3, -0.25) is 0 Å². The summed E-state index contributed by atoms with van der Waals surface area (Å²) in [6.45, 7) is 0. The number of aryl methyl sites for hydroxylation is 2. The molecule has 2 heteroatoms. The molecule has 1 aliphatic carbocycles. The number of rotatable bonds is 3. The first-order chi connectivity index (χ1) is 17.8. The van der Waals surface area contributed by atoms with Crippen molar-refractivity contribution in [2.75, 3.05) is 0 Å². The standard InChI is InChI=1S/C34H24N2/c1-3-12-24(13-4-1)31-22-32(25-14-5-2-6-15-25)36-34(35-31)30-21-26-20-19-23-11-7-8-16-27(23)33(26)29-18-10-9-17-28(29)30/h1-18,21-22H,19-20H2. The number of fused-ring (bicyclic) bond motifs is 5. The Morgan fingerprint density at radius 3 is 1.69 bits per heavy atom. The predicted molar refractivity (Wildman–Crippen MR) is 149 cm³/mol. The highest BCUT2D eigenvalue weighted by Gasteiger charge is 2.22. The number of aromatic nitrogens is 2. The fourth-order valence-electron chi connectivity index (χ4n) is 5.47. The first-order valence-electron chi connectivity index (χ1n) is 12.5. The van der Waals surface area contributed by atoms with Crippen LogP contribution >= 0.6 is 0 Å². The van der Waals surface area contributed by atoms with Gasteiger partial charge in [0.2, 0.25) is 0 Å². The molecular formula is C34H24N2. The molecule has 0 saturated heterocycles. The van der Waals surface area contributed by atoms with E-state index in [4.69, 9.17) is 9.97 Å². The van der Waals surface area contributed by atoms with Crippen LogP contribution in [0.1, 0.15) is 11.1 Å². The summed E-state index contributed by atoms with van der Waals surface area (Å²) in [5.74, 6) is 0.771. The Balaban J connectivity index is 1.51. The SMILES string of the molecule is c1ccc(-c2cc(-c3ccccc3)nc(-c3cc4c(c5ccccc35)-c3ccccc3CC4)n2)cc1. The molecule has 0 aliphatic heterocycles. The minimum atomic E-state index is 0.771. The zero-order valence-corrected chi connectivity index (χ0v) is 19.9. The summed E-state index contributed by atoms with van der Waals surface area (Å²) in [5.41, 5.74) is 10.7. The Hall–Kier alpha value is -4.56. The molecule has 0 amide bonds. The van der Waals surface area contributed by atoms with Gasteiger partial charge in [0.15, 0.2) is 5.82 Å². The van der Waals surface area contributed by atoms with Crippen molar-refractivity contribution in [1.29, 1.82) is 0 Å². The van der Waals surface area contributed by atoms with Gasteiger partial charge in [0, 0.05) is 16.7 Å². The molecule has 0 radical (unpaired) electrons. The quantitative estimate of drug-likeness (QED) is 0.265. The highest BCUT2D eigenvalue weighted by molar-refractivity contribution is 6.06. The molecule has 1 aromatic heterocycles. The number of benzene rings is 5. The molecule has 2 nitrogen and oxygen atoms in total. The van der Waals surface area contributed by atoms with E-state index in [0.29, 0.717) is 0 Å². The number of hydrogen-bond acceptors (Lipinski definition) is 2. The Bertz CT molecular complexity index is 1660. The highest BCUT2D eigenvalue weighted by Crippen LogP contribution is 2.42. The molecule has 0 unspecified atom stereocenters. The normalized spacial score (nSPS) is 12.2. The predicted octanol–water partition coefficient (Wildman–Crippen LogP) is 8.40. The van der Waals surface area contributed by atoms with Crippen LogP contribution in [0.2, 0.25) is 0 Å². The van der Waals surface area contributed by atoms with Gasteiger partial charge < -0.3 is 0 Å². The molecule has 0 atom stereocenters. The second kappa shape index (κ2) is 8.58. The third-order valence-corrected chi connectivity index (χ3v) is 7.18. The third kappa shape index (κ3) is 3.50. The fraction of sp³-hybridized carbons (Fsp3) is 0.0588. The fourth-order valence-corrected chi connectivity index (χ4v) is 5.47. The molecule has 36 heavy (non-hydrogen) atoms. The lowest BCUT2D eigenvalue weighted by Gasteiger charge is -2.23. The van der Waals surface area contributed by atoms with Gasteiger partial charge >= 0.3 is 0 Å². The maximum absolute atomic E-state index is 5.13. The average Bonchev–Trinajstić information content (AvgIpc) is 2.97. The first-order valence-corrected chi connectivity index (χ1v) is 12.5. The van der Waals surface area contributed by atoms with Crippen molar-refractivity contribution in [3.8, 4) is 45.0 Å². The van der Waals surface area contributed by atoms with E-state index in [2.05, 4.69) is 109 Å². The molecule has 170 valence electrons. The molecule has 1 heterocycles. The van der Waals surface area contributed by atoms with Crippen LogP contribution < -0.4 is 0 Å². The smallest absolute Gasteiger partial charge is 0.161 e. The lowest BCUT2D eigenvalue weighted by molar-refractivity contribution is 0.945. The van der Waals surface area contributed by atoms with E-state index in [-0.39, 0.29) is 0 Å². The van der Waals surface area contributed by atoms with Crippen LogP contribution in [0.3, 0.4) is 0 Å². The molecule has 7 rings (SSSR count). The molecular weight excluding hydrogens is 436 g/mol. The molecule has 1 aliphatic rings.